The van der Waals surface area contributed by atoms with Crippen molar-refractivity contribution in [3.63, 3.8) is 0 Å². The van der Waals surface area contributed by atoms with Crippen LogP contribution in [0.25, 0.3) is 0 Å². The second kappa shape index (κ2) is 34.7. The Labute approximate surface area is 224 Å². The third-order valence-electron chi connectivity index (χ3n) is 4.60. The molecule has 2 nitrogen and oxygen atoms in total. The number of rotatable bonds is 18. The quantitative estimate of drug-likeness (QED) is 0.0727. The van der Waals surface area contributed by atoms with Gasteiger partial charge in [-0.25, -0.2) is 0 Å². The van der Waals surface area contributed by atoms with Crippen LogP contribution in [0.5, 0.6) is 0 Å². The first kappa shape index (κ1) is 35.7. The first-order chi connectivity index (χ1) is 14.5. The van der Waals surface area contributed by atoms with Gasteiger partial charge in [-0.1, -0.05) is 112 Å². The van der Waals surface area contributed by atoms with Crippen molar-refractivity contribution in [2.45, 2.75) is 117 Å². The van der Waals surface area contributed by atoms with E-state index in [1.165, 1.54) is 121 Å². The molecule has 0 fully saturated rings. The first-order valence-electron chi connectivity index (χ1n) is 11.6. The SMILES string of the molecule is CCCCCCCCCCNC(=S)[S-].CCCCCCCCCCNC(=S)[S-].[S]=[Mo+2]. The molecule has 8 heteroatoms. The van der Waals surface area contributed by atoms with E-state index in [-0.39, 0.29) is 0 Å². The van der Waals surface area contributed by atoms with Gasteiger partial charge < -0.3 is 60.3 Å². The zero-order valence-corrected chi connectivity index (χ0v) is 25.3. The molecular weight excluding hydrogens is 549 g/mol. The van der Waals surface area contributed by atoms with Gasteiger partial charge in [0.25, 0.3) is 0 Å². The van der Waals surface area contributed by atoms with Crippen molar-refractivity contribution in [3.05, 3.63) is 0 Å². The number of hydrogen-bond donors (Lipinski definition) is 2. The molecule has 0 aliphatic heterocycles. The predicted molar refractivity (Wildman–Crippen MR) is 149 cm³/mol. The Kier molecular flexibility index (Phi) is 41.3. The molecule has 0 radical (unpaired) electrons. The van der Waals surface area contributed by atoms with Crippen molar-refractivity contribution >= 4 is 68.2 Å². The summed E-state index contributed by atoms with van der Waals surface area (Å²) in [5.74, 6) is 0. The molecule has 0 unspecified atom stereocenters. The first-order valence-corrected chi connectivity index (χ1v) is 16.0. The molecule has 2 N–H and O–H groups in total. The third-order valence-corrected chi connectivity index (χ3v) is 5.18. The standard InChI is InChI=1S/2C11H23NS2.Mo.S/c2*1-2-3-4-5-6-7-8-9-10-12-11(13)14;;/h2*2-10H2,1H3,(H2,12,13,14);;/q;;+2;/p-2. The fourth-order valence-corrected chi connectivity index (χ4v) is 3.31. The van der Waals surface area contributed by atoms with Gasteiger partial charge in [-0.15, -0.1) is 0 Å². The Balaban J connectivity index is -0.000000448. The summed E-state index contributed by atoms with van der Waals surface area (Å²) >= 11 is 20.5. The molecule has 0 aromatic carbocycles. The summed E-state index contributed by atoms with van der Waals surface area (Å²) in [5, 5.41) is 6.01. The van der Waals surface area contributed by atoms with E-state index in [1.807, 2.05) is 0 Å². The number of thiocarbonyl (C=S) groups is 2. The summed E-state index contributed by atoms with van der Waals surface area (Å²) < 4.78 is 1.01. The van der Waals surface area contributed by atoms with Crippen molar-refractivity contribution in [2.24, 2.45) is 0 Å². The van der Waals surface area contributed by atoms with Gasteiger partial charge in [-0.05, 0) is 12.8 Å². The van der Waals surface area contributed by atoms with Crippen LogP contribution in [0, 0.1) is 0 Å². The maximum atomic E-state index is 4.75. The molecule has 0 saturated carbocycles. The van der Waals surface area contributed by atoms with Gasteiger partial charge in [0, 0.05) is 13.1 Å². The summed E-state index contributed by atoms with van der Waals surface area (Å²) in [6, 6.07) is 0. The summed E-state index contributed by atoms with van der Waals surface area (Å²) in [6.07, 6.45) is 21.6. The van der Waals surface area contributed by atoms with Crippen molar-refractivity contribution in [1.29, 1.82) is 0 Å². The molecule has 0 aromatic rings. The molecule has 0 amide bonds. The molecule has 0 saturated heterocycles. The van der Waals surface area contributed by atoms with Crippen LogP contribution in [0.3, 0.4) is 0 Å². The van der Waals surface area contributed by atoms with Crippen LogP contribution < -0.4 is 10.6 Å². The molecule has 0 rings (SSSR count). The molecule has 0 spiro atoms. The van der Waals surface area contributed by atoms with Gasteiger partial charge in [-0.3, -0.25) is 0 Å². The molecule has 0 bridgehead atoms. The fraction of sp³-hybridized carbons (Fsp3) is 0.909. The van der Waals surface area contributed by atoms with Crippen molar-refractivity contribution in [3.8, 4) is 0 Å². The van der Waals surface area contributed by atoms with E-state index in [0.29, 0.717) is 8.64 Å². The molecule has 0 aliphatic rings. The average Bonchev–Trinajstić information content (AvgIpc) is 2.73. The minimum absolute atomic E-state index is 0.507. The number of hydrogen-bond acceptors (Lipinski definition) is 5. The van der Waals surface area contributed by atoms with Crippen LogP contribution in [0.1, 0.15) is 117 Å². The summed E-state index contributed by atoms with van der Waals surface area (Å²) in [5.41, 5.74) is 0. The van der Waals surface area contributed by atoms with Crippen molar-refractivity contribution < 1.29 is 18.0 Å². The zero-order chi connectivity index (χ0) is 23.3. The Bertz CT molecular complexity index is 328. The zero-order valence-electron chi connectivity index (χ0n) is 19.2. The minimum atomic E-state index is 0.507. The van der Waals surface area contributed by atoms with Gasteiger partial charge >= 0.3 is 27.8 Å². The summed E-state index contributed by atoms with van der Waals surface area (Å²) in [4.78, 5) is 0. The van der Waals surface area contributed by atoms with E-state index >= 15 is 0 Å². The van der Waals surface area contributed by atoms with Crippen LogP contribution in [0.15, 0.2) is 0 Å². The molecule has 30 heavy (non-hydrogen) atoms. The van der Waals surface area contributed by atoms with E-state index in [2.05, 4.69) is 34.3 Å². The van der Waals surface area contributed by atoms with Crippen molar-refractivity contribution in [2.75, 3.05) is 13.1 Å². The van der Waals surface area contributed by atoms with Crippen molar-refractivity contribution in [1.82, 2.24) is 10.6 Å². The van der Waals surface area contributed by atoms with Crippen LogP contribution in [-0.4, -0.2) is 21.7 Å². The van der Waals surface area contributed by atoms with Crippen LogP contribution in [0.2, 0.25) is 0 Å². The Morgan fingerprint density at radius 3 is 1.00 bits per heavy atom. The van der Waals surface area contributed by atoms with E-state index in [1.54, 1.807) is 0 Å². The second-order valence-corrected chi connectivity index (χ2v) is 9.53. The van der Waals surface area contributed by atoms with Gasteiger partial charge in [0.1, 0.15) is 0 Å². The molecule has 0 heterocycles. The normalized spacial score (nSPS) is 9.50. The molecule has 0 aromatic heterocycles. The molecular formula is C22H44MoN2S5. The monoisotopic (exact) mass is 594 g/mol. The van der Waals surface area contributed by atoms with E-state index in [0.717, 1.165) is 13.1 Å². The van der Waals surface area contributed by atoms with Crippen LogP contribution in [-0.2, 0) is 43.3 Å². The summed E-state index contributed by atoms with van der Waals surface area (Å²) in [7, 11) is 4.09. The van der Waals surface area contributed by atoms with Crippen LogP contribution >= 0.6 is 34.3 Å². The summed E-state index contributed by atoms with van der Waals surface area (Å²) in [6.45, 7) is 6.42. The fourth-order valence-electron chi connectivity index (χ4n) is 2.90. The maximum absolute atomic E-state index is 4.75. The molecule has 0 aliphatic carbocycles. The Morgan fingerprint density at radius 1 is 0.533 bits per heavy atom. The predicted octanol–water partition coefficient (Wildman–Crippen LogP) is 7.74. The Morgan fingerprint density at radius 2 is 0.767 bits per heavy atom. The molecule has 0 atom stereocenters. The van der Waals surface area contributed by atoms with E-state index in [9.17, 15) is 0 Å². The topological polar surface area (TPSA) is 24.1 Å². The number of unbranched alkanes of at least 4 members (excludes halogenated alkanes) is 14. The Hall–Kier alpha value is 1.13. The van der Waals surface area contributed by atoms with Gasteiger partial charge in [-0.2, -0.15) is 0 Å². The average molecular weight is 593 g/mol. The van der Waals surface area contributed by atoms with E-state index < -0.39 is 0 Å². The molecule has 178 valence electrons. The number of nitrogens with one attached hydrogen (secondary N) is 2. The third kappa shape index (κ3) is 43.1. The van der Waals surface area contributed by atoms with Gasteiger partial charge in [0.2, 0.25) is 0 Å². The van der Waals surface area contributed by atoms with Gasteiger partial charge in [0.05, 0.1) is 0 Å². The van der Waals surface area contributed by atoms with E-state index in [4.69, 9.17) is 49.7 Å². The second-order valence-electron chi connectivity index (χ2n) is 7.38. The van der Waals surface area contributed by atoms with Crippen LogP contribution in [0.4, 0.5) is 0 Å². The van der Waals surface area contributed by atoms with Gasteiger partial charge in [0.15, 0.2) is 0 Å².